The fourth-order valence-corrected chi connectivity index (χ4v) is 7.44. The number of dihydropyridines is 1. The zero-order valence-electron chi connectivity index (χ0n) is 27.0. The first kappa shape index (κ1) is 28.2. The summed E-state index contributed by atoms with van der Waals surface area (Å²) >= 11 is 0. The summed E-state index contributed by atoms with van der Waals surface area (Å²) in [6.45, 7) is 0. The summed E-state index contributed by atoms with van der Waals surface area (Å²) in [5, 5.41) is 7.25. The molecule has 6 heteroatoms. The monoisotopic (exact) mass is 642 g/mol. The highest BCUT2D eigenvalue weighted by molar-refractivity contribution is 6.09. The first-order chi connectivity index (χ1) is 24.8. The summed E-state index contributed by atoms with van der Waals surface area (Å²) in [5.41, 5.74) is 12.8. The third kappa shape index (κ3) is 4.54. The van der Waals surface area contributed by atoms with Gasteiger partial charge in [0.25, 0.3) is 0 Å². The van der Waals surface area contributed by atoms with E-state index in [1.807, 2.05) is 24.7 Å². The fraction of sp³-hybridized carbons (Fsp3) is 0.0227. The van der Waals surface area contributed by atoms with E-state index in [-0.39, 0.29) is 6.04 Å². The number of pyridine rings is 3. The first-order valence-corrected chi connectivity index (χ1v) is 16.8. The van der Waals surface area contributed by atoms with Crippen molar-refractivity contribution in [2.75, 3.05) is 0 Å². The minimum Gasteiger partial charge on any atom is -0.373 e. The second-order valence-corrected chi connectivity index (χ2v) is 12.6. The molecular formula is C44H30N6. The van der Waals surface area contributed by atoms with Crippen molar-refractivity contribution in [3.05, 3.63) is 182 Å². The standard InChI is InChI=1S/C44H30N6/c1-3-20-40-33(14-1)35-28-45-25-23-42(35)49(40)31-12-5-10-29(26-31)36-16-7-18-38(47-36)39-19-8-17-37(48-39)30-11-6-13-32(27-30)50-41-21-4-2-15-34(41)44-43(50)22-9-24-46-44/h1-28,39,48H. The van der Waals surface area contributed by atoms with Gasteiger partial charge in [0.2, 0.25) is 0 Å². The molecule has 1 atom stereocenters. The van der Waals surface area contributed by atoms with Gasteiger partial charge < -0.3 is 14.5 Å². The molecule has 0 spiro atoms. The van der Waals surface area contributed by atoms with E-state index in [4.69, 9.17) is 9.97 Å². The van der Waals surface area contributed by atoms with Crippen LogP contribution in [0.2, 0.25) is 0 Å². The Balaban J connectivity index is 0.976. The fourth-order valence-electron chi connectivity index (χ4n) is 7.44. The number of aromatic nitrogens is 5. The smallest absolute Gasteiger partial charge is 0.0963 e. The van der Waals surface area contributed by atoms with Gasteiger partial charge in [-0.2, -0.15) is 0 Å². The van der Waals surface area contributed by atoms with Gasteiger partial charge in [-0.15, -0.1) is 0 Å². The topological polar surface area (TPSA) is 60.6 Å². The highest BCUT2D eigenvalue weighted by Gasteiger charge is 2.18. The van der Waals surface area contributed by atoms with E-state index in [1.54, 1.807) is 0 Å². The molecule has 1 aliphatic heterocycles. The van der Waals surface area contributed by atoms with Crippen LogP contribution in [-0.4, -0.2) is 24.1 Å². The van der Waals surface area contributed by atoms with Gasteiger partial charge in [0.05, 0.1) is 45.0 Å². The van der Waals surface area contributed by atoms with E-state index in [9.17, 15) is 0 Å². The normalized spacial score (nSPS) is 14.4. The molecule has 236 valence electrons. The number of fused-ring (bicyclic) bond motifs is 6. The minimum atomic E-state index is -0.0796. The number of para-hydroxylation sites is 2. The summed E-state index contributed by atoms with van der Waals surface area (Å²) in [4.78, 5) is 14.3. The van der Waals surface area contributed by atoms with Crippen molar-refractivity contribution >= 4 is 49.4 Å². The molecule has 6 heterocycles. The number of nitrogens with zero attached hydrogens (tertiary/aromatic N) is 5. The van der Waals surface area contributed by atoms with Crippen LogP contribution in [0.15, 0.2) is 170 Å². The average molecular weight is 643 g/mol. The van der Waals surface area contributed by atoms with Crippen LogP contribution in [0, 0.1) is 0 Å². The van der Waals surface area contributed by atoms with Crippen molar-refractivity contribution in [2.24, 2.45) is 0 Å². The lowest BCUT2D eigenvalue weighted by atomic mass is 10.0. The molecule has 4 aromatic carbocycles. The predicted octanol–water partition coefficient (Wildman–Crippen LogP) is 9.97. The van der Waals surface area contributed by atoms with Crippen LogP contribution in [0.1, 0.15) is 17.3 Å². The van der Waals surface area contributed by atoms with Crippen molar-refractivity contribution in [3.63, 3.8) is 0 Å². The molecule has 0 saturated heterocycles. The molecule has 0 bridgehead atoms. The van der Waals surface area contributed by atoms with Crippen LogP contribution in [-0.2, 0) is 0 Å². The van der Waals surface area contributed by atoms with Crippen LogP contribution < -0.4 is 5.32 Å². The third-order valence-electron chi connectivity index (χ3n) is 9.68. The Morgan fingerprint density at radius 3 is 2.14 bits per heavy atom. The molecule has 5 aromatic heterocycles. The zero-order valence-corrected chi connectivity index (χ0v) is 27.0. The molecule has 0 saturated carbocycles. The molecule has 50 heavy (non-hydrogen) atoms. The first-order valence-electron chi connectivity index (χ1n) is 16.8. The summed E-state index contributed by atoms with van der Waals surface area (Å²) in [5.74, 6) is 0. The Bertz CT molecular complexity index is 2710. The van der Waals surface area contributed by atoms with Gasteiger partial charge in [-0.3, -0.25) is 15.0 Å². The maximum absolute atomic E-state index is 5.20. The summed E-state index contributed by atoms with van der Waals surface area (Å²) in [6.07, 6.45) is 12.1. The molecule has 6 nitrogen and oxygen atoms in total. The van der Waals surface area contributed by atoms with Crippen molar-refractivity contribution in [1.29, 1.82) is 0 Å². The maximum atomic E-state index is 5.20. The van der Waals surface area contributed by atoms with Gasteiger partial charge in [-0.25, -0.2) is 0 Å². The van der Waals surface area contributed by atoms with E-state index in [0.717, 1.165) is 77.9 Å². The Kier molecular flexibility index (Phi) is 6.45. The lowest BCUT2D eigenvalue weighted by Crippen LogP contribution is -2.21. The Hall–Kier alpha value is -6.79. The number of nitrogens with one attached hydrogen (secondary N) is 1. The van der Waals surface area contributed by atoms with Gasteiger partial charge >= 0.3 is 0 Å². The zero-order chi connectivity index (χ0) is 33.0. The van der Waals surface area contributed by atoms with Crippen LogP contribution in [0.5, 0.6) is 0 Å². The lowest BCUT2D eigenvalue weighted by Gasteiger charge is -2.23. The summed E-state index contributed by atoms with van der Waals surface area (Å²) < 4.78 is 4.61. The maximum Gasteiger partial charge on any atom is 0.0963 e. The number of allylic oxidation sites excluding steroid dienone is 2. The SMILES string of the molecule is C1=CC(c2cccc(-c3cccc(-n4c5ccccc5c5cnccc54)c3)n2)NC(c2cccc(-n3c4ccccc4c4ncccc43)c2)=C1. The number of benzene rings is 4. The molecule has 0 amide bonds. The van der Waals surface area contributed by atoms with Crippen LogP contribution in [0.25, 0.3) is 72.1 Å². The summed E-state index contributed by atoms with van der Waals surface area (Å²) in [6, 6.07) is 46.7. The molecular weight excluding hydrogens is 613 g/mol. The average Bonchev–Trinajstić information content (AvgIpc) is 3.71. The lowest BCUT2D eigenvalue weighted by molar-refractivity contribution is 0.737. The number of hydrogen-bond donors (Lipinski definition) is 1. The van der Waals surface area contributed by atoms with E-state index in [2.05, 4.69) is 165 Å². The van der Waals surface area contributed by atoms with Gasteiger partial charge in [0.15, 0.2) is 0 Å². The van der Waals surface area contributed by atoms with Gasteiger partial charge in [0.1, 0.15) is 0 Å². The van der Waals surface area contributed by atoms with Crippen LogP contribution in [0.3, 0.4) is 0 Å². The Morgan fingerprint density at radius 1 is 0.560 bits per heavy atom. The van der Waals surface area contributed by atoms with Crippen LogP contribution >= 0.6 is 0 Å². The molecule has 1 unspecified atom stereocenters. The van der Waals surface area contributed by atoms with E-state index >= 15 is 0 Å². The van der Waals surface area contributed by atoms with E-state index < -0.39 is 0 Å². The van der Waals surface area contributed by atoms with Gasteiger partial charge in [0, 0.05) is 57.4 Å². The molecule has 1 N–H and O–H groups in total. The predicted molar refractivity (Wildman–Crippen MR) is 203 cm³/mol. The highest BCUT2D eigenvalue weighted by atomic mass is 15.0. The quantitative estimate of drug-likeness (QED) is 0.203. The summed E-state index contributed by atoms with van der Waals surface area (Å²) in [7, 11) is 0. The molecule has 0 fully saturated rings. The second-order valence-electron chi connectivity index (χ2n) is 12.6. The van der Waals surface area contributed by atoms with Gasteiger partial charge in [-0.1, -0.05) is 78.9 Å². The second kappa shape index (κ2) is 11.4. The van der Waals surface area contributed by atoms with Crippen molar-refractivity contribution in [1.82, 2.24) is 29.4 Å². The minimum absolute atomic E-state index is 0.0796. The largest absolute Gasteiger partial charge is 0.373 e. The molecule has 0 radical (unpaired) electrons. The van der Waals surface area contributed by atoms with E-state index in [0.29, 0.717) is 0 Å². The Labute approximate surface area is 288 Å². The van der Waals surface area contributed by atoms with Crippen molar-refractivity contribution in [2.45, 2.75) is 6.04 Å². The Morgan fingerprint density at radius 2 is 1.26 bits per heavy atom. The van der Waals surface area contributed by atoms with Crippen LogP contribution in [0.4, 0.5) is 0 Å². The molecule has 10 rings (SSSR count). The van der Waals surface area contributed by atoms with E-state index in [1.165, 1.54) is 5.39 Å². The number of rotatable bonds is 5. The van der Waals surface area contributed by atoms with Gasteiger partial charge in [-0.05, 0) is 78.4 Å². The molecule has 1 aliphatic rings. The van der Waals surface area contributed by atoms with Crippen molar-refractivity contribution in [3.8, 4) is 22.6 Å². The molecule has 0 aliphatic carbocycles. The number of hydrogen-bond acceptors (Lipinski definition) is 4. The molecule has 9 aromatic rings. The third-order valence-corrected chi connectivity index (χ3v) is 9.68. The highest BCUT2D eigenvalue weighted by Crippen LogP contribution is 2.34. The van der Waals surface area contributed by atoms with Crippen molar-refractivity contribution < 1.29 is 0 Å².